The molecule has 1 N–H and O–H groups in total. The minimum absolute atomic E-state index is 0.0353. The Labute approximate surface area is 158 Å². The van der Waals surface area contributed by atoms with Crippen LogP contribution in [0.15, 0.2) is 36.4 Å². The topological polar surface area (TPSA) is 61.6 Å². The van der Waals surface area contributed by atoms with Gasteiger partial charge in [0.1, 0.15) is 11.9 Å². The van der Waals surface area contributed by atoms with Crippen molar-refractivity contribution < 1.29 is 14.3 Å². The molecule has 144 valence electrons. The normalized spacial score (nSPS) is 15.7. The second-order valence-electron chi connectivity index (χ2n) is 6.98. The number of carbonyl (C=O) groups is 1. The Balaban J connectivity index is 1.57. The van der Waals surface area contributed by atoms with Gasteiger partial charge in [0.05, 0.1) is 24.4 Å². The standard InChI is InChI=1S/C20H25FN4O2/c1-23(2)20(27)13-19(26)18-12-17-14-24(10-11-25(17)22-18)9-3-4-15-5-7-16(21)8-6-15/h3-8,12,19,26H,9-11,13-14H2,1-2H3/b4-3+/t19-/m0/s1. The molecule has 6 nitrogen and oxygen atoms in total. The molecule has 0 saturated heterocycles. The lowest BCUT2D eigenvalue weighted by Gasteiger charge is -2.26. The molecule has 3 rings (SSSR count). The number of hydrogen-bond donors (Lipinski definition) is 1. The van der Waals surface area contributed by atoms with Crippen molar-refractivity contribution in [1.82, 2.24) is 19.6 Å². The molecule has 2 aromatic rings. The zero-order chi connectivity index (χ0) is 19.4. The highest BCUT2D eigenvalue weighted by molar-refractivity contribution is 5.76. The molecule has 1 aromatic heterocycles. The lowest BCUT2D eigenvalue weighted by Crippen LogP contribution is -2.33. The zero-order valence-corrected chi connectivity index (χ0v) is 15.7. The number of nitrogens with zero attached hydrogens (tertiary/aromatic N) is 4. The van der Waals surface area contributed by atoms with E-state index in [1.165, 1.54) is 17.0 Å². The van der Waals surface area contributed by atoms with Gasteiger partial charge in [-0.3, -0.25) is 14.4 Å². The van der Waals surface area contributed by atoms with Crippen LogP contribution in [0.1, 0.15) is 29.5 Å². The zero-order valence-electron chi connectivity index (χ0n) is 15.7. The fraction of sp³-hybridized carbons (Fsp3) is 0.400. The number of benzene rings is 1. The SMILES string of the molecule is CN(C)C(=O)C[C@H](O)c1cc2n(n1)CCN(C/C=C/c1ccc(F)cc1)C2. The van der Waals surface area contributed by atoms with E-state index in [0.29, 0.717) is 5.69 Å². The number of carbonyl (C=O) groups excluding carboxylic acids is 1. The Morgan fingerprint density at radius 3 is 2.78 bits per heavy atom. The summed E-state index contributed by atoms with van der Waals surface area (Å²) < 4.78 is 14.8. The fourth-order valence-corrected chi connectivity index (χ4v) is 3.03. The van der Waals surface area contributed by atoms with E-state index < -0.39 is 6.10 Å². The summed E-state index contributed by atoms with van der Waals surface area (Å²) >= 11 is 0. The van der Waals surface area contributed by atoms with Crippen molar-refractivity contribution in [2.45, 2.75) is 25.6 Å². The van der Waals surface area contributed by atoms with E-state index in [1.54, 1.807) is 26.2 Å². The summed E-state index contributed by atoms with van der Waals surface area (Å²) in [7, 11) is 3.34. The molecule has 1 aliphatic rings. The Kier molecular flexibility index (Phi) is 6.03. The summed E-state index contributed by atoms with van der Waals surface area (Å²) in [4.78, 5) is 15.5. The molecule has 1 aliphatic heterocycles. The van der Waals surface area contributed by atoms with E-state index in [9.17, 15) is 14.3 Å². The number of aliphatic hydroxyl groups excluding tert-OH is 1. The molecular formula is C20H25FN4O2. The Morgan fingerprint density at radius 2 is 2.07 bits per heavy atom. The number of halogens is 1. The van der Waals surface area contributed by atoms with Crippen LogP contribution in [-0.4, -0.2) is 57.8 Å². The lowest BCUT2D eigenvalue weighted by atomic mass is 10.1. The van der Waals surface area contributed by atoms with Gasteiger partial charge in [0.15, 0.2) is 0 Å². The van der Waals surface area contributed by atoms with Crippen LogP contribution in [0.4, 0.5) is 4.39 Å². The average Bonchev–Trinajstić information content (AvgIpc) is 3.07. The highest BCUT2D eigenvalue weighted by atomic mass is 19.1. The van der Waals surface area contributed by atoms with E-state index in [1.807, 2.05) is 16.8 Å². The second-order valence-corrected chi connectivity index (χ2v) is 6.98. The largest absolute Gasteiger partial charge is 0.386 e. The number of hydrogen-bond acceptors (Lipinski definition) is 4. The Morgan fingerprint density at radius 1 is 1.33 bits per heavy atom. The molecule has 0 bridgehead atoms. The van der Waals surface area contributed by atoms with Crippen molar-refractivity contribution in [3.63, 3.8) is 0 Å². The third-order valence-corrected chi connectivity index (χ3v) is 4.65. The molecule has 0 fully saturated rings. The van der Waals surface area contributed by atoms with Crippen molar-refractivity contribution in [2.75, 3.05) is 27.2 Å². The van der Waals surface area contributed by atoms with Crippen LogP contribution in [0.3, 0.4) is 0 Å². The highest BCUT2D eigenvalue weighted by Gasteiger charge is 2.22. The smallest absolute Gasteiger partial charge is 0.225 e. The number of fused-ring (bicyclic) bond motifs is 1. The fourth-order valence-electron chi connectivity index (χ4n) is 3.03. The quantitative estimate of drug-likeness (QED) is 0.843. The van der Waals surface area contributed by atoms with Crippen LogP contribution in [0, 0.1) is 5.82 Å². The molecule has 0 aliphatic carbocycles. The van der Waals surface area contributed by atoms with Crippen molar-refractivity contribution in [2.24, 2.45) is 0 Å². The van der Waals surface area contributed by atoms with Crippen LogP contribution in [0.25, 0.3) is 6.08 Å². The first-order chi connectivity index (χ1) is 12.9. The molecule has 0 unspecified atom stereocenters. The molecule has 1 atom stereocenters. The molecule has 0 spiro atoms. The summed E-state index contributed by atoms with van der Waals surface area (Å²) in [5.41, 5.74) is 2.54. The summed E-state index contributed by atoms with van der Waals surface area (Å²) in [6, 6.07) is 8.28. The summed E-state index contributed by atoms with van der Waals surface area (Å²) in [5, 5.41) is 14.7. The maximum absolute atomic E-state index is 12.9. The number of amides is 1. The molecule has 0 saturated carbocycles. The van der Waals surface area contributed by atoms with Gasteiger partial charge in [0, 0.05) is 33.7 Å². The van der Waals surface area contributed by atoms with Gasteiger partial charge in [-0.2, -0.15) is 5.10 Å². The summed E-state index contributed by atoms with van der Waals surface area (Å²) in [5.74, 6) is -0.359. The van der Waals surface area contributed by atoms with Gasteiger partial charge in [-0.25, -0.2) is 4.39 Å². The Bertz CT molecular complexity index is 814. The van der Waals surface area contributed by atoms with Gasteiger partial charge < -0.3 is 10.0 Å². The molecule has 0 radical (unpaired) electrons. The van der Waals surface area contributed by atoms with Gasteiger partial charge >= 0.3 is 0 Å². The van der Waals surface area contributed by atoms with Crippen molar-refractivity contribution >= 4 is 12.0 Å². The summed E-state index contributed by atoms with van der Waals surface area (Å²) in [6.07, 6.45) is 3.19. The first kappa shape index (κ1) is 19.3. The van der Waals surface area contributed by atoms with Crippen LogP contribution in [0.2, 0.25) is 0 Å². The van der Waals surface area contributed by atoms with Crippen LogP contribution in [0.5, 0.6) is 0 Å². The molecule has 7 heteroatoms. The van der Waals surface area contributed by atoms with E-state index >= 15 is 0 Å². The van der Waals surface area contributed by atoms with E-state index in [4.69, 9.17) is 0 Å². The van der Waals surface area contributed by atoms with Gasteiger partial charge in [-0.15, -0.1) is 0 Å². The van der Waals surface area contributed by atoms with Crippen molar-refractivity contribution in [3.8, 4) is 0 Å². The van der Waals surface area contributed by atoms with Gasteiger partial charge in [-0.1, -0.05) is 24.3 Å². The van der Waals surface area contributed by atoms with E-state index in [2.05, 4.69) is 16.1 Å². The first-order valence-electron chi connectivity index (χ1n) is 9.01. The predicted octanol–water partition coefficient (Wildman–Crippen LogP) is 2.06. The van der Waals surface area contributed by atoms with Crippen LogP contribution >= 0.6 is 0 Å². The minimum atomic E-state index is -0.884. The third-order valence-electron chi connectivity index (χ3n) is 4.65. The maximum atomic E-state index is 12.9. The molecular weight excluding hydrogens is 347 g/mol. The number of aliphatic hydroxyl groups is 1. The monoisotopic (exact) mass is 372 g/mol. The second kappa shape index (κ2) is 8.45. The lowest BCUT2D eigenvalue weighted by molar-refractivity contribution is -0.130. The molecule has 1 aromatic carbocycles. The highest BCUT2D eigenvalue weighted by Crippen LogP contribution is 2.21. The van der Waals surface area contributed by atoms with Gasteiger partial charge in [-0.05, 0) is 23.8 Å². The molecule has 1 amide bonds. The van der Waals surface area contributed by atoms with Crippen molar-refractivity contribution in [1.29, 1.82) is 0 Å². The van der Waals surface area contributed by atoms with Gasteiger partial charge in [0.25, 0.3) is 0 Å². The van der Waals surface area contributed by atoms with Gasteiger partial charge in [0.2, 0.25) is 5.91 Å². The van der Waals surface area contributed by atoms with E-state index in [0.717, 1.165) is 37.4 Å². The van der Waals surface area contributed by atoms with E-state index in [-0.39, 0.29) is 18.1 Å². The third kappa shape index (κ3) is 5.02. The number of rotatable bonds is 6. The average molecular weight is 372 g/mol. The Hall–Kier alpha value is -2.51. The first-order valence-corrected chi connectivity index (χ1v) is 9.01. The van der Waals surface area contributed by atoms with Crippen LogP contribution in [-0.2, 0) is 17.9 Å². The number of aromatic nitrogens is 2. The minimum Gasteiger partial charge on any atom is -0.386 e. The van der Waals surface area contributed by atoms with Crippen LogP contribution < -0.4 is 0 Å². The summed E-state index contributed by atoms with van der Waals surface area (Å²) in [6.45, 7) is 3.11. The molecule has 2 heterocycles. The molecule has 27 heavy (non-hydrogen) atoms. The van der Waals surface area contributed by atoms with Crippen molar-refractivity contribution in [3.05, 3.63) is 59.2 Å². The predicted molar refractivity (Wildman–Crippen MR) is 101 cm³/mol. The maximum Gasteiger partial charge on any atom is 0.225 e.